The molecule has 2 aromatic rings. The van der Waals surface area contributed by atoms with Crippen LogP contribution in [0, 0.1) is 5.92 Å². The number of nitrogens with one attached hydrogen (secondary N) is 1. The van der Waals surface area contributed by atoms with Crippen molar-refractivity contribution in [2.24, 2.45) is 5.92 Å². The van der Waals surface area contributed by atoms with Gasteiger partial charge in [-0.05, 0) is 86.5 Å². The molecule has 2 aromatic carbocycles. The van der Waals surface area contributed by atoms with Crippen molar-refractivity contribution >= 4 is 17.5 Å². The van der Waals surface area contributed by atoms with Gasteiger partial charge >= 0.3 is 0 Å². The molecule has 28 heavy (non-hydrogen) atoms. The summed E-state index contributed by atoms with van der Waals surface area (Å²) in [6.07, 6.45) is 5.49. The van der Waals surface area contributed by atoms with Crippen molar-refractivity contribution < 1.29 is 4.79 Å². The van der Waals surface area contributed by atoms with Crippen molar-refractivity contribution in [3.8, 4) is 0 Å². The van der Waals surface area contributed by atoms with Crippen molar-refractivity contribution in [3.05, 3.63) is 69.7 Å². The number of hydrogen-bond acceptors (Lipinski definition) is 2. The lowest BCUT2D eigenvalue weighted by Gasteiger charge is -2.32. The third-order valence-corrected chi connectivity index (χ3v) is 6.51. The van der Waals surface area contributed by atoms with Crippen molar-refractivity contribution in [1.29, 1.82) is 0 Å². The largest absolute Gasteiger partial charge is 0.349 e. The van der Waals surface area contributed by atoms with Gasteiger partial charge in [0.25, 0.3) is 0 Å². The van der Waals surface area contributed by atoms with Crippen LogP contribution in [0.5, 0.6) is 0 Å². The Kier molecular flexibility index (Phi) is 6.03. The van der Waals surface area contributed by atoms with Crippen LogP contribution < -0.4 is 5.32 Å². The molecule has 0 aromatic heterocycles. The molecule has 0 saturated carbocycles. The summed E-state index contributed by atoms with van der Waals surface area (Å²) in [7, 11) is 0. The third kappa shape index (κ3) is 4.59. The molecule has 1 heterocycles. The smallest absolute Gasteiger partial charge is 0.223 e. The van der Waals surface area contributed by atoms with Crippen molar-refractivity contribution in [3.63, 3.8) is 0 Å². The normalized spacial score (nSPS) is 18.6. The predicted molar refractivity (Wildman–Crippen MR) is 114 cm³/mol. The zero-order chi connectivity index (χ0) is 19.5. The van der Waals surface area contributed by atoms with Gasteiger partial charge in [0, 0.05) is 17.5 Å². The molecule has 1 unspecified atom stereocenters. The molecule has 1 aliphatic heterocycles. The van der Waals surface area contributed by atoms with Crippen molar-refractivity contribution in [2.75, 3.05) is 13.1 Å². The van der Waals surface area contributed by atoms with Crippen LogP contribution in [0.1, 0.15) is 54.5 Å². The van der Waals surface area contributed by atoms with Gasteiger partial charge < -0.3 is 5.32 Å². The van der Waals surface area contributed by atoms with E-state index in [1.165, 1.54) is 41.5 Å². The maximum Gasteiger partial charge on any atom is 0.223 e. The number of halogens is 1. The molecule has 0 radical (unpaired) electrons. The second-order valence-corrected chi connectivity index (χ2v) is 8.73. The number of nitrogens with zero attached hydrogens (tertiary/aromatic N) is 1. The number of hydrogen-bond donors (Lipinski definition) is 1. The van der Waals surface area contributed by atoms with E-state index >= 15 is 0 Å². The number of rotatable bonds is 5. The zero-order valence-corrected chi connectivity index (χ0v) is 17.3. The van der Waals surface area contributed by atoms with Gasteiger partial charge in [0.1, 0.15) is 0 Å². The molecule has 3 nitrogen and oxygen atoms in total. The second-order valence-electron chi connectivity index (χ2n) is 8.29. The van der Waals surface area contributed by atoms with E-state index in [-0.39, 0.29) is 17.9 Å². The van der Waals surface area contributed by atoms with E-state index in [0.29, 0.717) is 0 Å². The van der Waals surface area contributed by atoms with Gasteiger partial charge in [-0.25, -0.2) is 0 Å². The van der Waals surface area contributed by atoms with Gasteiger partial charge in [-0.3, -0.25) is 9.69 Å². The molecule has 1 fully saturated rings. The standard InChI is InChI=1S/C24H29ClN2O/c1-17(21-8-7-19-3-2-4-22(19)15-21)26-24(28)20-11-13-27(14-12-20)16-18-5-9-23(25)10-6-18/h5-10,15,17,20H,2-4,11-14,16H2,1H3,(H,26,28). The predicted octanol–water partition coefficient (Wildman–Crippen LogP) is 4.92. The van der Waals surface area contributed by atoms with Crippen LogP contribution >= 0.6 is 11.6 Å². The first-order valence-corrected chi connectivity index (χ1v) is 10.8. The van der Waals surface area contributed by atoms with Crippen molar-refractivity contribution in [1.82, 2.24) is 10.2 Å². The average Bonchev–Trinajstić information content (AvgIpc) is 3.18. The van der Waals surface area contributed by atoms with E-state index in [2.05, 4.69) is 47.5 Å². The molecule has 0 bridgehead atoms. The minimum Gasteiger partial charge on any atom is -0.349 e. The lowest BCUT2D eigenvalue weighted by molar-refractivity contribution is -0.127. The lowest BCUT2D eigenvalue weighted by Crippen LogP contribution is -2.40. The summed E-state index contributed by atoms with van der Waals surface area (Å²) in [5, 5.41) is 4.03. The Morgan fingerprint density at radius 2 is 1.82 bits per heavy atom. The number of fused-ring (bicyclic) bond motifs is 1. The summed E-state index contributed by atoms with van der Waals surface area (Å²) in [5.41, 5.74) is 5.45. The highest BCUT2D eigenvalue weighted by Gasteiger charge is 2.26. The molecule has 1 atom stereocenters. The van der Waals surface area contributed by atoms with E-state index in [1.54, 1.807) is 0 Å². The molecule has 4 heteroatoms. The number of aryl methyl sites for hydroxylation is 2. The number of likely N-dealkylation sites (tertiary alicyclic amines) is 1. The number of carbonyl (C=O) groups excluding carboxylic acids is 1. The Balaban J connectivity index is 1.27. The highest BCUT2D eigenvalue weighted by atomic mass is 35.5. The van der Waals surface area contributed by atoms with Crippen LogP contribution in [0.15, 0.2) is 42.5 Å². The zero-order valence-electron chi connectivity index (χ0n) is 16.6. The molecule has 148 valence electrons. The van der Waals surface area contributed by atoms with Gasteiger partial charge in [0.05, 0.1) is 6.04 Å². The summed E-state index contributed by atoms with van der Waals surface area (Å²) >= 11 is 5.96. The summed E-state index contributed by atoms with van der Waals surface area (Å²) in [6.45, 7) is 4.96. The van der Waals surface area contributed by atoms with Crippen LogP contribution in [-0.2, 0) is 24.2 Å². The monoisotopic (exact) mass is 396 g/mol. The highest BCUT2D eigenvalue weighted by Crippen LogP contribution is 2.26. The van der Waals surface area contributed by atoms with Gasteiger partial charge in [0.15, 0.2) is 0 Å². The van der Waals surface area contributed by atoms with Crippen LogP contribution in [0.4, 0.5) is 0 Å². The minimum absolute atomic E-state index is 0.0745. The summed E-state index contributed by atoms with van der Waals surface area (Å²) in [5.74, 6) is 0.331. The SMILES string of the molecule is CC(NC(=O)C1CCN(Cc2ccc(Cl)cc2)CC1)c1ccc2c(c1)CCC2. The highest BCUT2D eigenvalue weighted by molar-refractivity contribution is 6.30. The molecular weight excluding hydrogens is 368 g/mol. The first kappa shape index (κ1) is 19.5. The second kappa shape index (κ2) is 8.67. The number of amides is 1. The quantitative estimate of drug-likeness (QED) is 0.778. The summed E-state index contributed by atoms with van der Waals surface area (Å²) in [6, 6.07) is 14.8. The average molecular weight is 397 g/mol. The Morgan fingerprint density at radius 3 is 2.57 bits per heavy atom. The van der Waals surface area contributed by atoms with Crippen molar-refractivity contribution in [2.45, 2.75) is 51.6 Å². The first-order chi connectivity index (χ1) is 13.6. The van der Waals surface area contributed by atoms with E-state index in [1.807, 2.05) is 12.1 Å². The molecular formula is C24H29ClN2O. The maximum absolute atomic E-state index is 12.8. The van der Waals surface area contributed by atoms with Gasteiger partial charge in [0.2, 0.25) is 5.91 Å². The van der Waals surface area contributed by atoms with Crippen LogP contribution in [-0.4, -0.2) is 23.9 Å². The van der Waals surface area contributed by atoms with E-state index in [4.69, 9.17) is 11.6 Å². The molecule has 1 amide bonds. The topological polar surface area (TPSA) is 32.3 Å². The number of piperidine rings is 1. The number of benzene rings is 2. The van der Waals surface area contributed by atoms with Gasteiger partial charge in [-0.1, -0.05) is 41.9 Å². The molecule has 1 saturated heterocycles. The van der Waals surface area contributed by atoms with Crippen LogP contribution in [0.25, 0.3) is 0 Å². The number of carbonyl (C=O) groups is 1. The van der Waals surface area contributed by atoms with Gasteiger partial charge in [-0.15, -0.1) is 0 Å². The Hall–Kier alpha value is -1.84. The molecule has 4 rings (SSSR count). The summed E-state index contributed by atoms with van der Waals surface area (Å²) in [4.78, 5) is 15.2. The molecule has 2 aliphatic rings. The minimum atomic E-state index is 0.0745. The fourth-order valence-corrected chi connectivity index (χ4v) is 4.60. The van der Waals surface area contributed by atoms with Crippen LogP contribution in [0.3, 0.4) is 0 Å². The maximum atomic E-state index is 12.8. The van der Waals surface area contributed by atoms with E-state index in [0.717, 1.165) is 37.5 Å². The van der Waals surface area contributed by atoms with E-state index in [9.17, 15) is 4.79 Å². The first-order valence-electron chi connectivity index (χ1n) is 10.5. The van der Waals surface area contributed by atoms with Crippen LogP contribution in [0.2, 0.25) is 5.02 Å². The molecule has 1 N–H and O–H groups in total. The Labute approximate surface area is 173 Å². The fraction of sp³-hybridized carbons (Fsp3) is 0.458. The Bertz CT molecular complexity index is 825. The van der Waals surface area contributed by atoms with Gasteiger partial charge in [-0.2, -0.15) is 0 Å². The summed E-state index contributed by atoms with van der Waals surface area (Å²) < 4.78 is 0. The Morgan fingerprint density at radius 1 is 1.11 bits per heavy atom. The lowest BCUT2D eigenvalue weighted by atomic mass is 9.94. The van der Waals surface area contributed by atoms with E-state index < -0.39 is 0 Å². The molecule has 1 aliphatic carbocycles. The molecule has 0 spiro atoms. The third-order valence-electron chi connectivity index (χ3n) is 6.26. The fourth-order valence-electron chi connectivity index (χ4n) is 4.48.